The van der Waals surface area contributed by atoms with Crippen LogP contribution >= 0.6 is 11.6 Å². The van der Waals surface area contributed by atoms with E-state index in [9.17, 15) is 9.59 Å². The van der Waals surface area contributed by atoms with Crippen LogP contribution in [0.15, 0.2) is 78.9 Å². The van der Waals surface area contributed by atoms with Gasteiger partial charge in [0.25, 0.3) is 0 Å². The van der Waals surface area contributed by atoms with E-state index in [1.807, 2.05) is 87.5 Å². The van der Waals surface area contributed by atoms with Crippen molar-refractivity contribution in [1.29, 1.82) is 0 Å². The Morgan fingerprint density at radius 3 is 2.24 bits per heavy atom. The van der Waals surface area contributed by atoms with Gasteiger partial charge < -0.3 is 10.1 Å². The van der Waals surface area contributed by atoms with Gasteiger partial charge in [0.2, 0.25) is 5.91 Å². The van der Waals surface area contributed by atoms with E-state index in [1.165, 1.54) is 0 Å². The van der Waals surface area contributed by atoms with E-state index in [0.29, 0.717) is 5.02 Å². The van der Waals surface area contributed by atoms with Crippen molar-refractivity contribution >= 4 is 29.2 Å². The molecule has 2 heterocycles. The molecule has 1 fully saturated rings. The molecule has 2 N–H and O–H groups in total. The van der Waals surface area contributed by atoms with Gasteiger partial charge in [0, 0.05) is 16.6 Å². The van der Waals surface area contributed by atoms with Crippen molar-refractivity contribution in [2.24, 2.45) is 0 Å². The maximum Gasteiger partial charge on any atom is 0.324 e. The summed E-state index contributed by atoms with van der Waals surface area (Å²) in [6.45, 7) is 5.54. The van der Waals surface area contributed by atoms with Crippen LogP contribution in [0.3, 0.4) is 0 Å². The van der Waals surface area contributed by atoms with E-state index in [4.69, 9.17) is 16.3 Å². The molecule has 0 radical (unpaired) electrons. The quantitative estimate of drug-likeness (QED) is 0.501. The molecule has 0 bridgehead atoms. The van der Waals surface area contributed by atoms with Crippen LogP contribution < -0.4 is 10.6 Å². The highest BCUT2D eigenvalue weighted by Crippen LogP contribution is 2.59. The summed E-state index contributed by atoms with van der Waals surface area (Å²) in [4.78, 5) is 27.6. The van der Waals surface area contributed by atoms with Gasteiger partial charge in [0.1, 0.15) is 17.1 Å². The van der Waals surface area contributed by atoms with E-state index < -0.39 is 29.0 Å². The van der Waals surface area contributed by atoms with Gasteiger partial charge in [-0.1, -0.05) is 72.3 Å². The molecule has 2 aliphatic rings. The number of anilines is 1. The number of hydrogen-bond acceptors (Lipinski definition) is 4. The lowest BCUT2D eigenvalue weighted by atomic mass is 9.63. The van der Waals surface area contributed by atoms with Gasteiger partial charge in [-0.3, -0.25) is 14.9 Å². The number of hydrogen-bond donors (Lipinski definition) is 2. The maximum absolute atomic E-state index is 14.0. The van der Waals surface area contributed by atoms with Crippen LogP contribution in [0.4, 0.5) is 5.69 Å². The standard InChI is InChI=1S/C28H27ClN2O3/c1-27(2,3)34-25(32)23-22(17-13-15-19(29)16-14-17)28(24(31-23)18-9-5-4-6-10-18)20-11-7-8-12-21(20)30-26(28)33/h4-16,22-24,31H,1-3H3,(H,30,33)/t22-,23+,24-,28+/m1/s1. The minimum absolute atomic E-state index is 0.138. The van der Waals surface area contributed by atoms with E-state index >= 15 is 0 Å². The number of halogens is 1. The molecule has 0 saturated carbocycles. The van der Waals surface area contributed by atoms with Crippen LogP contribution in [0.1, 0.15) is 49.4 Å². The monoisotopic (exact) mass is 474 g/mol. The Hall–Kier alpha value is -3.15. The van der Waals surface area contributed by atoms with Crippen molar-refractivity contribution in [3.05, 3.63) is 101 Å². The molecule has 3 aromatic carbocycles. The molecule has 3 aromatic rings. The molecule has 1 saturated heterocycles. The second kappa shape index (κ2) is 8.26. The number of ether oxygens (including phenoxy) is 1. The van der Waals surface area contributed by atoms with Gasteiger partial charge in [-0.15, -0.1) is 0 Å². The molecule has 5 nitrogen and oxygen atoms in total. The molecule has 0 aromatic heterocycles. The minimum atomic E-state index is -1.06. The average molecular weight is 475 g/mol. The maximum atomic E-state index is 14.0. The second-order valence-corrected chi connectivity index (χ2v) is 10.4. The zero-order valence-corrected chi connectivity index (χ0v) is 20.1. The summed E-state index contributed by atoms with van der Waals surface area (Å²) >= 11 is 6.20. The number of esters is 1. The van der Waals surface area contributed by atoms with Crippen LogP contribution in [0.25, 0.3) is 0 Å². The highest BCUT2D eigenvalue weighted by Gasteiger charge is 2.66. The smallest absolute Gasteiger partial charge is 0.324 e. The fourth-order valence-electron chi connectivity index (χ4n) is 5.45. The molecule has 1 spiro atoms. The Morgan fingerprint density at radius 1 is 0.912 bits per heavy atom. The lowest BCUT2D eigenvalue weighted by molar-refractivity contribution is -0.157. The molecule has 0 unspecified atom stereocenters. The summed E-state index contributed by atoms with van der Waals surface area (Å²) in [5.74, 6) is -1.04. The summed E-state index contributed by atoms with van der Waals surface area (Å²) in [6, 6.07) is 23.7. The topological polar surface area (TPSA) is 67.4 Å². The predicted octanol–water partition coefficient (Wildman–Crippen LogP) is 5.37. The minimum Gasteiger partial charge on any atom is -0.459 e. The number of benzene rings is 3. The molecule has 2 aliphatic heterocycles. The van der Waals surface area contributed by atoms with Gasteiger partial charge in [-0.2, -0.15) is 0 Å². The third-order valence-electron chi connectivity index (χ3n) is 6.64. The molecule has 6 heteroatoms. The Kier molecular flexibility index (Phi) is 5.50. The summed E-state index contributed by atoms with van der Waals surface area (Å²) in [5.41, 5.74) is 1.67. The average Bonchev–Trinajstić information content (AvgIpc) is 3.30. The van der Waals surface area contributed by atoms with Crippen molar-refractivity contribution in [2.45, 2.75) is 49.8 Å². The van der Waals surface area contributed by atoms with Crippen molar-refractivity contribution in [1.82, 2.24) is 5.32 Å². The van der Waals surface area contributed by atoms with Crippen LogP contribution in [0.2, 0.25) is 5.02 Å². The van der Waals surface area contributed by atoms with Gasteiger partial charge in [-0.05, 0) is 55.7 Å². The van der Waals surface area contributed by atoms with Gasteiger partial charge in [0.05, 0.1) is 6.04 Å². The Morgan fingerprint density at radius 2 is 1.56 bits per heavy atom. The van der Waals surface area contributed by atoms with Crippen molar-refractivity contribution in [3.8, 4) is 0 Å². The number of amides is 1. The zero-order chi connectivity index (χ0) is 24.1. The van der Waals surface area contributed by atoms with Crippen LogP contribution in [-0.2, 0) is 19.7 Å². The first-order chi connectivity index (χ1) is 16.2. The van der Waals surface area contributed by atoms with Crippen molar-refractivity contribution in [2.75, 3.05) is 5.32 Å². The first-order valence-electron chi connectivity index (χ1n) is 11.4. The molecule has 5 rings (SSSR count). The number of rotatable bonds is 3. The van der Waals surface area contributed by atoms with Crippen LogP contribution in [0.5, 0.6) is 0 Å². The first kappa shape index (κ1) is 22.6. The molecular weight excluding hydrogens is 448 g/mol. The first-order valence-corrected chi connectivity index (χ1v) is 11.8. The summed E-state index contributed by atoms with van der Waals surface area (Å²) in [5, 5.41) is 7.21. The summed E-state index contributed by atoms with van der Waals surface area (Å²) in [7, 11) is 0. The molecular formula is C28H27ClN2O3. The summed E-state index contributed by atoms with van der Waals surface area (Å²) in [6.07, 6.45) is 0. The van der Waals surface area contributed by atoms with Crippen molar-refractivity contribution in [3.63, 3.8) is 0 Å². The molecule has 174 valence electrons. The predicted molar refractivity (Wildman–Crippen MR) is 133 cm³/mol. The largest absolute Gasteiger partial charge is 0.459 e. The van der Waals surface area contributed by atoms with Gasteiger partial charge in [-0.25, -0.2) is 0 Å². The number of para-hydroxylation sites is 1. The zero-order valence-electron chi connectivity index (χ0n) is 19.3. The molecule has 4 atom stereocenters. The lowest BCUT2D eigenvalue weighted by Crippen LogP contribution is -2.44. The van der Waals surface area contributed by atoms with E-state index in [1.54, 1.807) is 12.1 Å². The van der Waals surface area contributed by atoms with Gasteiger partial charge in [0.15, 0.2) is 0 Å². The Balaban J connectivity index is 1.77. The second-order valence-electron chi connectivity index (χ2n) is 9.92. The Bertz CT molecular complexity index is 1240. The molecule has 34 heavy (non-hydrogen) atoms. The number of carbonyl (C=O) groups excluding carboxylic acids is 2. The molecule has 1 amide bonds. The third kappa shape index (κ3) is 3.60. The number of fused-ring (bicyclic) bond motifs is 2. The fourth-order valence-corrected chi connectivity index (χ4v) is 5.57. The fraction of sp³-hybridized carbons (Fsp3) is 0.286. The summed E-state index contributed by atoms with van der Waals surface area (Å²) < 4.78 is 5.85. The van der Waals surface area contributed by atoms with E-state index in [2.05, 4.69) is 10.6 Å². The number of carbonyl (C=O) groups is 2. The highest BCUT2D eigenvalue weighted by atomic mass is 35.5. The third-order valence-corrected chi connectivity index (χ3v) is 6.90. The van der Waals surface area contributed by atoms with E-state index in [0.717, 1.165) is 22.4 Å². The van der Waals surface area contributed by atoms with Crippen LogP contribution in [0, 0.1) is 0 Å². The highest BCUT2D eigenvalue weighted by molar-refractivity contribution is 6.30. The molecule has 0 aliphatic carbocycles. The Labute approximate surface area is 204 Å². The normalized spacial score (nSPS) is 25.8. The van der Waals surface area contributed by atoms with E-state index in [-0.39, 0.29) is 11.9 Å². The van der Waals surface area contributed by atoms with Crippen molar-refractivity contribution < 1.29 is 14.3 Å². The SMILES string of the molecule is CC(C)(C)OC(=O)[C@H]1N[C@H](c2ccccc2)[C@@]2(C(=O)Nc3ccccc32)[C@@H]1c1ccc(Cl)cc1. The lowest BCUT2D eigenvalue weighted by Gasteiger charge is -2.35. The number of nitrogens with one attached hydrogen (secondary N) is 2. The van der Waals surface area contributed by atoms with Crippen LogP contribution in [-0.4, -0.2) is 23.5 Å². The van der Waals surface area contributed by atoms with Gasteiger partial charge >= 0.3 is 5.97 Å².